The molecule has 0 atom stereocenters. The first-order chi connectivity index (χ1) is 9.63. The van der Waals surface area contributed by atoms with Crippen molar-refractivity contribution < 1.29 is 9.47 Å². The van der Waals surface area contributed by atoms with E-state index in [1.807, 2.05) is 44.2 Å². The molecule has 1 N–H and O–H groups in total. The van der Waals surface area contributed by atoms with Gasteiger partial charge in [-0.15, -0.1) is 0 Å². The molecule has 0 fully saturated rings. The zero-order valence-electron chi connectivity index (χ0n) is 12.4. The summed E-state index contributed by atoms with van der Waals surface area (Å²) in [6.45, 7) is 4.67. The van der Waals surface area contributed by atoms with E-state index in [0.717, 1.165) is 34.1 Å². The second kappa shape index (κ2) is 6.28. The Morgan fingerprint density at radius 2 is 1.85 bits per heavy atom. The predicted molar refractivity (Wildman–Crippen MR) is 80.6 cm³/mol. The number of nitrogens with one attached hydrogen (secondary N) is 1. The zero-order valence-corrected chi connectivity index (χ0v) is 12.4. The number of benzene rings is 1. The molecule has 0 spiro atoms. The number of ether oxygens (including phenoxy) is 2. The highest BCUT2D eigenvalue weighted by atomic mass is 16.5. The number of pyridine rings is 1. The van der Waals surface area contributed by atoms with Gasteiger partial charge in [0.1, 0.15) is 11.5 Å². The molecule has 2 rings (SSSR count). The lowest BCUT2D eigenvalue weighted by Gasteiger charge is -2.13. The molecule has 0 amide bonds. The Labute approximate surface area is 119 Å². The Bertz CT molecular complexity index is 597. The third kappa shape index (κ3) is 3.20. The molecule has 106 valence electrons. The summed E-state index contributed by atoms with van der Waals surface area (Å²) in [6.07, 6.45) is 0. The molecule has 0 radical (unpaired) electrons. The van der Waals surface area contributed by atoms with Crippen LogP contribution in [0.2, 0.25) is 0 Å². The van der Waals surface area contributed by atoms with E-state index in [0.29, 0.717) is 6.54 Å². The highest BCUT2D eigenvalue weighted by molar-refractivity contribution is 5.50. The van der Waals surface area contributed by atoms with Crippen LogP contribution in [-0.4, -0.2) is 19.2 Å². The average molecular weight is 272 g/mol. The van der Waals surface area contributed by atoms with Gasteiger partial charge in [0.2, 0.25) is 0 Å². The average Bonchev–Trinajstić information content (AvgIpc) is 2.46. The van der Waals surface area contributed by atoms with Crippen molar-refractivity contribution in [3.63, 3.8) is 0 Å². The summed E-state index contributed by atoms with van der Waals surface area (Å²) in [6, 6.07) is 9.87. The number of hydrogen-bond donors (Lipinski definition) is 1. The molecular formula is C16H20N2O2. The van der Waals surface area contributed by atoms with E-state index in [1.54, 1.807) is 14.2 Å². The molecule has 1 aromatic carbocycles. The number of aromatic nitrogens is 1. The van der Waals surface area contributed by atoms with Gasteiger partial charge in [-0.05, 0) is 38.1 Å². The maximum atomic E-state index is 5.39. The van der Waals surface area contributed by atoms with Crippen LogP contribution < -0.4 is 14.8 Å². The maximum absolute atomic E-state index is 5.39. The fourth-order valence-corrected chi connectivity index (χ4v) is 2.06. The molecule has 0 saturated heterocycles. The number of rotatable bonds is 5. The molecule has 4 nitrogen and oxygen atoms in total. The lowest BCUT2D eigenvalue weighted by Crippen LogP contribution is -2.04. The van der Waals surface area contributed by atoms with Crippen LogP contribution in [-0.2, 0) is 6.54 Å². The first-order valence-corrected chi connectivity index (χ1v) is 6.53. The van der Waals surface area contributed by atoms with Gasteiger partial charge in [-0.25, -0.2) is 0 Å². The summed E-state index contributed by atoms with van der Waals surface area (Å²) in [5.74, 6) is 1.60. The number of hydrogen-bond acceptors (Lipinski definition) is 4. The molecule has 1 aromatic heterocycles. The van der Waals surface area contributed by atoms with Gasteiger partial charge in [0.15, 0.2) is 0 Å². The van der Waals surface area contributed by atoms with E-state index in [-0.39, 0.29) is 0 Å². The van der Waals surface area contributed by atoms with Crippen LogP contribution in [0.4, 0.5) is 5.69 Å². The van der Waals surface area contributed by atoms with Gasteiger partial charge in [0, 0.05) is 23.9 Å². The van der Waals surface area contributed by atoms with E-state index in [2.05, 4.69) is 10.3 Å². The topological polar surface area (TPSA) is 43.4 Å². The first-order valence-electron chi connectivity index (χ1n) is 6.53. The molecule has 2 aromatic rings. The summed E-state index contributed by atoms with van der Waals surface area (Å²) in [7, 11) is 3.31. The normalized spacial score (nSPS) is 10.2. The van der Waals surface area contributed by atoms with E-state index < -0.39 is 0 Å². The van der Waals surface area contributed by atoms with Crippen molar-refractivity contribution in [2.75, 3.05) is 19.5 Å². The molecule has 4 heteroatoms. The molecule has 1 heterocycles. The second-order valence-corrected chi connectivity index (χ2v) is 4.62. The molecule has 20 heavy (non-hydrogen) atoms. The van der Waals surface area contributed by atoms with E-state index in [1.165, 1.54) is 0 Å². The van der Waals surface area contributed by atoms with Crippen LogP contribution >= 0.6 is 0 Å². The third-order valence-corrected chi connectivity index (χ3v) is 3.19. The molecule has 0 bridgehead atoms. The first kappa shape index (κ1) is 14.2. The lowest BCUT2D eigenvalue weighted by atomic mass is 10.1. The van der Waals surface area contributed by atoms with Crippen LogP contribution in [0.5, 0.6) is 11.5 Å². The Morgan fingerprint density at radius 3 is 2.50 bits per heavy atom. The van der Waals surface area contributed by atoms with Crippen LogP contribution in [0.25, 0.3) is 0 Å². The van der Waals surface area contributed by atoms with Gasteiger partial charge in [-0.2, -0.15) is 0 Å². The predicted octanol–water partition coefficient (Wildman–Crippen LogP) is 3.33. The molecule has 0 unspecified atom stereocenters. The Kier molecular flexibility index (Phi) is 4.45. The zero-order chi connectivity index (χ0) is 14.5. The van der Waals surface area contributed by atoms with Crippen LogP contribution in [0, 0.1) is 13.8 Å². The fraction of sp³-hybridized carbons (Fsp3) is 0.312. The van der Waals surface area contributed by atoms with Crippen molar-refractivity contribution in [1.29, 1.82) is 0 Å². The van der Waals surface area contributed by atoms with E-state index >= 15 is 0 Å². The summed E-state index contributed by atoms with van der Waals surface area (Å²) in [4.78, 5) is 4.44. The van der Waals surface area contributed by atoms with Gasteiger partial charge in [0.05, 0.1) is 25.6 Å². The minimum absolute atomic E-state index is 0.679. The largest absolute Gasteiger partial charge is 0.497 e. The smallest absolute Gasteiger partial charge is 0.127 e. The summed E-state index contributed by atoms with van der Waals surface area (Å²) in [5, 5.41) is 3.39. The highest BCUT2D eigenvalue weighted by Gasteiger charge is 2.06. The quantitative estimate of drug-likeness (QED) is 0.906. The molecular weight excluding hydrogens is 252 g/mol. The number of anilines is 1. The van der Waals surface area contributed by atoms with Gasteiger partial charge in [-0.1, -0.05) is 0 Å². The summed E-state index contributed by atoms with van der Waals surface area (Å²) in [5.41, 5.74) is 4.13. The van der Waals surface area contributed by atoms with Gasteiger partial charge in [0.25, 0.3) is 0 Å². The lowest BCUT2D eigenvalue weighted by molar-refractivity contribution is 0.391. The van der Waals surface area contributed by atoms with Crippen molar-refractivity contribution in [3.05, 3.63) is 47.3 Å². The summed E-state index contributed by atoms with van der Waals surface area (Å²) >= 11 is 0. The maximum Gasteiger partial charge on any atom is 0.127 e. The SMILES string of the molecule is COc1ccc(CNc2ccc(C)nc2C)c(OC)c1. The monoisotopic (exact) mass is 272 g/mol. The van der Waals surface area contributed by atoms with Crippen molar-refractivity contribution in [3.8, 4) is 11.5 Å². The molecule has 0 aliphatic heterocycles. The number of nitrogens with zero attached hydrogens (tertiary/aromatic N) is 1. The fourth-order valence-electron chi connectivity index (χ4n) is 2.06. The standard InChI is InChI=1S/C16H20N2O2/c1-11-5-8-15(12(2)18-11)17-10-13-6-7-14(19-3)9-16(13)20-4/h5-9,17H,10H2,1-4H3. The minimum atomic E-state index is 0.679. The van der Waals surface area contributed by atoms with Gasteiger partial charge >= 0.3 is 0 Å². The van der Waals surface area contributed by atoms with Crippen LogP contribution in [0.15, 0.2) is 30.3 Å². The van der Waals surface area contributed by atoms with Crippen molar-refractivity contribution in [2.24, 2.45) is 0 Å². The van der Waals surface area contributed by atoms with E-state index in [9.17, 15) is 0 Å². The molecule has 0 aliphatic rings. The van der Waals surface area contributed by atoms with Gasteiger partial charge < -0.3 is 14.8 Å². The van der Waals surface area contributed by atoms with E-state index in [4.69, 9.17) is 9.47 Å². The third-order valence-electron chi connectivity index (χ3n) is 3.19. The summed E-state index contributed by atoms with van der Waals surface area (Å²) < 4.78 is 10.6. The second-order valence-electron chi connectivity index (χ2n) is 4.62. The Hall–Kier alpha value is -2.23. The minimum Gasteiger partial charge on any atom is -0.497 e. The van der Waals surface area contributed by atoms with Crippen LogP contribution in [0.1, 0.15) is 17.0 Å². The highest BCUT2D eigenvalue weighted by Crippen LogP contribution is 2.25. The number of methoxy groups -OCH3 is 2. The van der Waals surface area contributed by atoms with Crippen LogP contribution in [0.3, 0.4) is 0 Å². The Morgan fingerprint density at radius 1 is 1.05 bits per heavy atom. The number of aryl methyl sites for hydroxylation is 2. The molecule has 0 saturated carbocycles. The van der Waals surface area contributed by atoms with Crippen molar-refractivity contribution in [2.45, 2.75) is 20.4 Å². The van der Waals surface area contributed by atoms with Crippen molar-refractivity contribution >= 4 is 5.69 Å². The Balaban J connectivity index is 2.14. The van der Waals surface area contributed by atoms with Gasteiger partial charge in [-0.3, -0.25) is 4.98 Å². The van der Waals surface area contributed by atoms with Crippen molar-refractivity contribution in [1.82, 2.24) is 4.98 Å². The molecule has 0 aliphatic carbocycles.